The van der Waals surface area contributed by atoms with Crippen LogP contribution in [0.4, 0.5) is 5.69 Å². The van der Waals surface area contributed by atoms with Crippen molar-refractivity contribution in [2.75, 3.05) is 13.4 Å². The Bertz CT molecular complexity index is 2250. The maximum atomic E-state index is 14.2. The highest BCUT2D eigenvalue weighted by molar-refractivity contribution is 9.10. The number of rotatable bonds is 7. The number of nitro groups is 1. The van der Waals surface area contributed by atoms with Crippen molar-refractivity contribution in [3.05, 3.63) is 136 Å². The van der Waals surface area contributed by atoms with E-state index < -0.39 is 16.9 Å². The fraction of sp³-hybridized carbons (Fsp3) is 0.121. The molecule has 2 aliphatic rings. The van der Waals surface area contributed by atoms with Gasteiger partial charge in [-0.2, -0.15) is 0 Å². The van der Waals surface area contributed by atoms with Crippen molar-refractivity contribution >= 4 is 50.7 Å². The van der Waals surface area contributed by atoms with E-state index in [1.165, 1.54) is 16.7 Å². The topological polar surface area (TPSA) is 135 Å². The summed E-state index contributed by atoms with van der Waals surface area (Å²) in [5.41, 5.74) is 2.10. The zero-order valence-corrected chi connectivity index (χ0v) is 26.4. The van der Waals surface area contributed by atoms with Crippen molar-refractivity contribution in [1.29, 1.82) is 0 Å². The number of carbonyl (C=O) groups is 1. The van der Waals surface area contributed by atoms with Crippen molar-refractivity contribution in [3.8, 4) is 22.8 Å². The molecule has 7 rings (SSSR count). The summed E-state index contributed by atoms with van der Waals surface area (Å²) in [7, 11) is 0. The molecule has 46 heavy (non-hydrogen) atoms. The molecule has 0 saturated heterocycles. The van der Waals surface area contributed by atoms with E-state index in [1.54, 1.807) is 49.4 Å². The molecular weight excluding hydrogens is 678 g/mol. The number of non-ortho nitro benzene ring substituents is 1. The summed E-state index contributed by atoms with van der Waals surface area (Å²) in [5.74, 6) is 1.32. The standard InChI is InChI=1S/C33H22BrN3O8S/c1-2-42-32(39)28-29(18-6-4-3-5-7-18)35-33-36(30(28)19-8-12-25-26(14-19)44-17-43-25)31(38)27(46-33)16-21-10-13-24(45-21)22-11-9-20(37(40)41)15-23(22)34/h3-16,30H,2,17H2,1H3/b27-16-/t30-/m1/s1. The Labute approximate surface area is 272 Å². The number of aromatic nitrogens is 1. The van der Waals surface area contributed by atoms with E-state index in [-0.39, 0.29) is 30.2 Å². The molecule has 3 aromatic carbocycles. The van der Waals surface area contributed by atoms with Crippen LogP contribution in [0.25, 0.3) is 23.1 Å². The first-order chi connectivity index (χ1) is 22.3. The van der Waals surface area contributed by atoms with Crippen molar-refractivity contribution < 1.29 is 28.3 Å². The molecule has 0 unspecified atom stereocenters. The minimum absolute atomic E-state index is 0.0578. The van der Waals surface area contributed by atoms with Crippen LogP contribution in [0.15, 0.2) is 103 Å². The summed E-state index contributed by atoms with van der Waals surface area (Å²) in [6.45, 7) is 1.92. The third kappa shape index (κ3) is 5.22. The Morgan fingerprint density at radius 2 is 1.91 bits per heavy atom. The number of hydrogen-bond donors (Lipinski definition) is 0. The monoisotopic (exact) mass is 699 g/mol. The van der Waals surface area contributed by atoms with E-state index in [0.29, 0.717) is 59.2 Å². The summed E-state index contributed by atoms with van der Waals surface area (Å²) in [5, 5.41) is 11.2. The van der Waals surface area contributed by atoms with E-state index in [1.807, 2.05) is 30.3 Å². The second kappa shape index (κ2) is 11.9. The number of carbonyl (C=O) groups excluding carboxylic acids is 1. The van der Waals surface area contributed by atoms with Crippen molar-refractivity contribution in [3.63, 3.8) is 0 Å². The number of ether oxygens (including phenoxy) is 3. The van der Waals surface area contributed by atoms with Gasteiger partial charge in [0.15, 0.2) is 16.3 Å². The van der Waals surface area contributed by atoms with Gasteiger partial charge in [0.25, 0.3) is 11.2 Å². The van der Waals surface area contributed by atoms with Gasteiger partial charge in [-0.1, -0.05) is 47.7 Å². The molecule has 0 aliphatic carbocycles. The molecule has 13 heteroatoms. The second-order valence-corrected chi connectivity index (χ2v) is 12.0. The maximum absolute atomic E-state index is 14.2. The number of thiazole rings is 1. The Hall–Kier alpha value is -5.27. The van der Waals surface area contributed by atoms with E-state index in [4.69, 9.17) is 23.6 Å². The average Bonchev–Trinajstić information content (AvgIpc) is 3.80. The largest absolute Gasteiger partial charge is 0.463 e. The minimum Gasteiger partial charge on any atom is -0.463 e. The molecule has 0 radical (unpaired) electrons. The molecular formula is C33H22BrN3O8S. The lowest BCUT2D eigenvalue weighted by atomic mass is 9.93. The van der Waals surface area contributed by atoms with Gasteiger partial charge < -0.3 is 18.6 Å². The molecule has 0 spiro atoms. The molecule has 4 heterocycles. The van der Waals surface area contributed by atoms with Crippen molar-refractivity contribution in [2.45, 2.75) is 13.0 Å². The first kappa shape index (κ1) is 29.4. The molecule has 0 bridgehead atoms. The average molecular weight is 701 g/mol. The van der Waals surface area contributed by atoms with Gasteiger partial charge in [0.1, 0.15) is 11.5 Å². The highest BCUT2D eigenvalue weighted by atomic mass is 79.9. The molecule has 0 N–H and O–H groups in total. The van der Waals surface area contributed by atoms with Gasteiger partial charge in [-0.15, -0.1) is 0 Å². The van der Waals surface area contributed by atoms with Crippen LogP contribution >= 0.6 is 27.3 Å². The normalized spacial score (nSPS) is 15.4. The molecule has 2 aliphatic heterocycles. The molecule has 0 saturated carbocycles. The van der Waals surface area contributed by atoms with Crippen LogP contribution in [0.3, 0.4) is 0 Å². The highest BCUT2D eigenvalue weighted by Crippen LogP contribution is 2.40. The van der Waals surface area contributed by atoms with Gasteiger partial charge in [0, 0.05) is 33.8 Å². The number of nitro benzene ring substituents is 1. The lowest BCUT2D eigenvalue weighted by Gasteiger charge is -2.26. The van der Waals surface area contributed by atoms with Gasteiger partial charge in [-0.3, -0.25) is 19.5 Å². The van der Waals surface area contributed by atoms with Crippen LogP contribution in [0.2, 0.25) is 0 Å². The number of fused-ring (bicyclic) bond motifs is 2. The smallest absolute Gasteiger partial charge is 0.338 e. The summed E-state index contributed by atoms with van der Waals surface area (Å²) in [4.78, 5) is 43.8. The SMILES string of the molecule is CCOC(=O)C1=C(c2ccccc2)N=c2s/c(=C\c3ccc(-c4ccc([N+](=O)[O-])cc4Br)o3)c(=O)n2[C@@H]1c1ccc2c(c1)OCO2. The van der Waals surface area contributed by atoms with Gasteiger partial charge in [-0.05, 0) is 58.7 Å². The molecule has 0 fully saturated rings. The fourth-order valence-corrected chi connectivity index (χ4v) is 6.90. The van der Waals surface area contributed by atoms with Crippen LogP contribution in [0, 0.1) is 10.1 Å². The Morgan fingerprint density at radius 1 is 1.11 bits per heavy atom. The van der Waals surface area contributed by atoms with E-state index in [2.05, 4.69) is 15.9 Å². The summed E-state index contributed by atoms with van der Waals surface area (Å²) in [6, 6.07) is 21.5. The van der Waals surface area contributed by atoms with Crippen LogP contribution in [-0.4, -0.2) is 28.9 Å². The molecule has 5 aromatic rings. The second-order valence-electron chi connectivity index (χ2n) is 10.2. The predicted molar refractivity (Wildman–Crippen MR) is 172 cm³/mol. The molecule has 11 nitrogen and oxygen atoms in total. The predicted octanol–water partition coefficient (Wildman–Crippen LogP) is 5.60. The van der Waals surface area contributed by atoms with E-state index >= 15 is 0 Å². The number of esters is 1. The molecule has 230 valence electrons. The Balaban J connectivity index is 1.40. The summed E-state index contributed by atoms with van der Waals surface area (Å²) in [6.07, 6.45) is 1.61. The van der Waals surface area contributed by atoms with Crippen LogP contribution in [0.1, 0.15) is 29.9 Å². The zero-order chi connectivity index (χ0) is 31.9. The minimum atomic E-state index is -0.884. The molecule has 1 atom stereocenters. The van der Waals surface area contributed by atoms with Crippen LogP contribution < -0.4 is 24.4 Å². The Morgan fingerprint density at radius 3 is 2.67 bits per heavy atom. The maximum Gasteiger partial charge on any atom is 0.338 e. The number of furan rings is 1. The number of nitrogens with zero attached hydrogens (tertiary/aromatic N) is 3. The van der Waals surface area contributed by atoms with Gasteiger partial charge in [0.2, 0.25) is 6.79 Å². The van der Waals surface area contributed by atoms with Gasteiger partial charge in [-0.25, -0.2) is 9.79 Å². The third-order valence-electron chi connectivity index (χ3n) is 7.42. The summed E-state index contributed by atoms with van der Waals surface area (Å²) < 4.78 is 25.0. The highest BCUT2D eigenvalue weighted by Gasteiger charge is 2.36. The fourth-order valence-electron chi connectivity index (χ4n) is 5.36. The quantitative estimate of drug-likeness (QED) is 0.122. The number of benzene rings is 3. The first-order valence-electron chi connectivity index (χ1n) is 14.0. The van der Waals surface area contributed by atoms with E-state index in [9.17, 15) is 19.7 Å². The summed E-state index contributed by atoms with van der Waals surface area (Å²) >= 11 is 4.54. The lowest BCUT2D eigenvalue weighted by Crippen LogP contribution is -2.40. The van der Waals surface area contributed by atoms with Gasteiger partial charge in [0.05, 0.1) is 33.4 Å². The van der Waals surface area contributed by atoms with Crippen molar-refractivity contribution in [2.24, 2.45) is 4.99 Å². The Kier molecular flexibility index (Phi) is 7.62. The van der Waals surface area contributed by atoms with Gasteiger partial charge >= 0.3 is 5.97 Å². The van der Waals surface area contributed by atoms with Crippen LogP contribution in [-0.2, 0) is 9.53 Å². The zero-order valence-electron chi connectivity index (χ0n) is 24.0. The third-order valence-corrected chi connectivity index (χ3v) is 9.05. The first-order valence-corrected chi connectivity index (χ1v) is 15.7. The van der Waals surface area contributed by atoms with E-state index in [0.717, 1.165) is 11.3 Å². The lowest BCUT2D eigenvalue weighted by molar-refractivity contribution is -0.384. The van der Waals surface area contributed by atoms with Crippen molar-refractivity contribution in [1.82, 2.24) is 4.57 Å². The number of halogens is 1. The number of hydrogen-bond acceptors (Lipinski definition) is 10. The molecule has 2 aromatic heterocycles. The van der Waals surface area contributed by atoms with Crippen LogP contribution in [0.5, 0.6) is 11.5 Å². The molecule has 0 amide bonds.